The number of imidazole rings is 4. The van der Waals surface area contributed by atoms with Gasteiger partial charge in [-0.15, -0.1) is 0 Å². The van der Waals surface area contributed by atoms with Crippen molar-refractivity contribution in [1.82, 2.24) is 39.9 Å². The molecule has 0 fully saturated rings. The Morgan fingerprint density at radius 3 is 0.550 bits per heavy atom. The Hall–Kier alpha value is -7.52. The zero-order chi connectivity index (χ0) is 58.8. The molecule has 0 aliphatic heterocycles. The van der Waals surface area contributed by atoms with E-state index in [0.717, 1.165) is 24.3 Å². The fourth-order valence-electron chi connectivity index (χ4n) is 7.74. The van der Waals surface area contributed by atoms with E-state index in [9.17, 15) is 104 Å². The second-order valence-electron chi connectivity index (χ2n) is 16.6. The van der Waals surface area contributed by atoms with Crippen LogP contribution < -0.4 is 0 Å². The summed E-state index contributed by atoms with van der Waals surface area (Å²) in [5, 5.41) is 0. The SMILES string of the molecule is O=S(=O)(O)c1cc(S(=O)(=O)O)c2nc(-c3ccc(-c4nc5c(S(=O)(=O)O)cc(S(=O)(=O)O)cc5[nH]4)cc3)[nH]c2c1.O=S(=O)(O)c1cc(S(=O)(=O)O)c2nc(-c3ccc(-c4nc5c(S(=O)(=O)O)cc(S(=O)(=O)O)cc5[nH]4)cc3)[nH]c2c1. The van der Waals surface area contributed by atoms with Crippen molar-refractivity contribution < 1.29 is 104 Å². The molecule has 0 spiro atoms. The molecule has 40 heteroatoms. The molecule has 32 nitrogen and oxygen atoms in total. The van der Waals surface area contributed by atoms with Crippen LogP contribution in [0.5, 0.6) is 0 Å². The summed E-state index contributed by atoms with van der Waals surface area (Å²) >= 11 is 0. The number of nitrogens with one attached hydrogen (secondary N) is 4. The summed E-state index contributed by atoms with van der Waals surface area (Å²) in [5.41, 5.74) is -0.433. The summed E-state index contributed by atoms with van der Waals surface area (Å²) < 4.78 is 263. The molecule has 0 radical (unpaired) electrons. The van der Waals surface area contributed by atoms with Crippen LogP contribution in [0.2, 0.25) is 0 Å². The van der Waals surface area contributed by atoms with Gasteiger partial charge in [0.15, 0.2) is 0 Å². The minimum absolute atomic E-state index is 0.0370. The van der Waals surface area contributed by atoms with Crippen LogP contribution in [0.25, 0.3) is 89.7 Å². The van der Waals surface area contributed by atoms with Gasteiger partial charge in [-0.3, -0.25) is 36.4 Å². The lowest BCUT2D eigenvalue weighted by Gasteiger charge is -2.02. The summed E-state index contributed by atoms with van der Waals surface area (Å²) in [6, 6.07) is 17.6. The molecule has 0 saturated carbocycles. The molecule has 0 atom stereocenters. The highest BCUT2D eigenvalue weighted by Crippen LogP contribution is 2.35. The van der Waals surface area contributed by atoms with Gasteiger partial charge in [0, 0.05) is 22.3 Å². The van der Waals surface area contributed by atoms with Crippen molar-refractivity contribution in [3.8, 4) is 45.6 Å². The number of fused-ring (bicyclic) bond motifs is 4. The number of H-pyrrole nitrogens is 4. The first-order chi connectivity index (χ1) is 36.6. The Morgan fingerprint density at radius 1 is 0.250 bits per heavy atom. The van der Waals surface area contributed by atoms with Gasteiger partial charge in [0.2, 0.25) is 0 Å². The Bertz CT molecular complexity index is 4610. The summed E-state index contributed by atoms with van der Waals surface area (Å²) in [4.78, 5) is 20.6. The highest BCUT2D eigenvalue weighted by molar-refractivity contribution is 7.88. The zero-order valence-corrected chi connectivity index (χ0v) is 44.9. The molecule has 4 heterocycles. The van der Waals surface area contributed by atoms with Gasteiger partial charge in [0.1, 0.15) is 64.9 Å². The summed E-state index contributed by atoms with van der Waals surface area (Å²) in [6.07, 6.45) is 0. The van der Waals surface area contributed by atoms with E-state index >= 15 is 0 Å². The highest BCUT2D eigenvalue weighted by atomic mass is 32.2. The Labute approximate surface area is 447 Å². The van der Waals surface area contributed by atoms with Crippen molar-refractivity contribution in [2.45, 2.75) is 39.2 Å². The fraction of sp³-hybridized carbons (Fsp3) is 0. The lowest BCUT2D eigenvalue weighted by molar-refractivity contribution is 0.477. The second-order valence-corrected chi connectivity index (χ2v) is 27.8. The van der Waals surface area contributed by atoms with Gasteiger partial charge in [-0.05, 0) is 48.5 Å². The number of aromatic amines is 4. The van der Waals surface area contributed by atoms with Crippen LogP contribution in [0.1, 0.15) is 0 Å². The van der Waals surface area contributed by atoms with Gasteiger partial charge in [0.25, 0.3) is 80.9 Å². The van der Waals surface area contributed by atoms with Crippen molar-refractivity contribution in [2.24, 2.45) is 0 Å². The molecule has 0 bridgehead atoms. The molecule has 420 valence electrons. The van der Waals surface area contributed by atoms with Crippen molar-refractivity contribution in [1.29, 1.82) is 0 Å². The molecule has 10 aromatic rings. The van der Waals surface area contributed by atoms with Gasteiger partial charge in [0.05, 0.1) is 41.6 Å². The maximum atomic E-state index is 11.8. The molecular weight excluding hydrogens is 1230 g/mol. The minimum atomic E-state index is -4.95. The van der Waals surface area contributed by atoms with Crippen LogP contribution in [0.4, 0.5) is 0 Å². The quantitative estimate of drug-likeness (QED) is 0.0778. The van der Waals surface area contributed by atoms with E-state index in [4.69, 9.17) is 0 Å². The van der Waals surface area contributed by atoms with Gasteiger partial charge >= 0.3 is 0 Å². The number of nitrogens with zero attached hydrogens (tertiary/aromatic N) is 4. The van der Waals surface area contributed by atoms with E-state index in [1.54, 1.807) is 0 Å². The summed E-state index contributed by atoms with van der Waals surface area (Å²) in [7, 11) is -39.1. The third-order valence-corrected chi connectivity index (χ3v) is 18.1. The maximum absolute atomic E-state index is 11.8. The Balaban J connectivity index is 0.000000194. The van der Waals surface area contributed by atoms with Gasteiger partial charge in [-0.2, -0.15) is 67.3 Å². The third-order valence-electron chi connectivity index (χ3n) is 11.3. The highest BCUT2D eigenvalue weighted by Gasteiger charge is 2.28. The largest absolute Gasteiger partial charge is 0.338 e. The number of benzene rings is 6. The Kier molecular flexibility index (Phi) is 13.6. The van der Waals surface area contributed by atoms with Gasteiger partial charge in [-0.25, -0.2) is 19.9 Å². The molecule has 80 heavy (non-hydrogen) atoms. The van der Waals surface area contributed by atoms with Crippen LogP contribution in [0.15, 0.2) is 136 Å². The normalized spacial score (nSPS) is 13.3. The number of hydrogen-bond donors (Lipinski definition) is 12. The van der Waals surface area contributed by atoms with Crippen LogP contribution in [0.3, 0.4) is 0 Å². The third kappa shape index (κ3) is 11.4. The van der Waals surface area contributed by atoms with Crippen LogP contribution in [-0.4, -0.2) is 144 Å². The van der Waals surface area contributed by atoms with Crippen molar-refractivity contribution in [3.63, 3.8) is 0 Å². The smallest absolute Gasteiger partial charge is 0.296 e. The van der Waals surface area contributed by atoms with Crippen molar-refractivity contribution in [2.75, 3.05) is 0 Å². The van der Waals surface area contributed by atoms with E-state index in [1.165, 1.54) is 48.5 Å². The number of rotatable bonds is 12. The molecule has 0 aliphatic rings. The standard InChI is InChI=1S/2C20H14N4O12S4/c2*25-37(26,27)11-5-13-17(15(7-11)39(31,32)33)23-19(21-13)9-1-2-10(4-3-9)20-22-14-6-12(38(28,29)30)8-16(18(14)24-20)40(34,35)36/h2*1-8H,(H,21,23)(H,22,24)(H,25,26,27)(H,28,29,30)(H,31,32,33)(H,34,35,36). The summed E-state index contributed by atoms with van der Waals surface area (Å²) in [6.45, 7) is 0. The topological polar surface area (TPSA) is 550 Å². The van der Waals surface area contributed by atoms with E-state index in [1.807, 2.05) is 0 Å². The van der Waals surface area contributed by atoms with Gasteiger partial charge in [-0.1, -0.05) is 48.5 Å². The van der Waals surface area contributed by atoms with E-state index < -0.39 is 120 Å². The lowest BCUT2D eigenvalue weighted by Crippen LogP contribution is -2.04. The molecule has 12 N–H and O–H groups in total. The first kappa shape index (κ1) is 57.2. The summed E-state index contributed by atoms with van der Waals surface area (Å²) in [5.74, 6) is 0.148. The van der Waals surface area contributed by atoms with Crippen LogP contribution >= 0.6 is 0 Å². The molecule has 0 saturated heterocycles. The zero-order valence-electron chi connectivity index (χ0n) is 38.4. The number of hydrogen-bond acceptors (Lipinski definition) is 20. The van der Waals surface area contributed by atoms with E-state index in [-0.39, 0.29) is 67.4 Å². The predicted molar refractivity (Wildman–Crippen MR) is 272 cm³/mol. The fourth-order valence-corrected chi connectivity index (χ4v) is 12.9. The average molecular weight is 1260 g/mol. The molecule has 6 aromatic carbocycles. The Morgan fingerprint density at radius 2 is 0.412 bits per heavy atom. The molecule has 0 amide bonds. The van der Waals surface area contributed by atoms with E-state index in [2.05, 4.69) is 39.9 Å². The van der Waals surface area contributed by atoms with Crippen LogP contribution in [0, 0.1) is 0 Å². The van der Waals surface area contributed by atoms with Crippen LogP contribution in [-0.2, 0) is 80.9 Å². The first-order valence-corrected chi connectivity index (χ1v) is 32.3. The number of aromatic nitrogens is 8. The monoisotopic (exact) mass is 1260 g/mol. The molecule has 10 rings (SSSR count). The molecule has 4 aromatic heterocycles. The molecular formula is C40H28N8O24S8. The van der Waals surface area contributed by atoms with E-state index in [0.29, 0.717) is 46.5 Å². The first-order valence-electron chi connectivity index (χ1n) is 20.8. The van der Waals surface area contributed by atoms with Gasteiger partial charge < -0.3 is 19.9 Å². The molecule has 0 unspecified atom stereocenters. The lowest BCUT2D eigenvalue weighted by atomic mass is 10.1. The average Bonchev–Trinajstić information content (AvgIpc) is 4.15. The second kappa shape index (κ2) is 19.1. The predicted octanol–water partition coefficient (Wildman–Crippen LogP) is 3.52. The van der Waals surface area contributed by atoms with Crippen molar-refractivity contribution >= 4 is 125 Å². The molecule has 0 aliphatic carbocycles. The maximum Gasteiger partial charge on any atom is 0.296 e. The van der Waals surface area contributed by atoms with Crippen molar-refractivity contribution in [3.05, 3.63) is 97.1 Å². The minimum Gasteiger partial charge on any atom is -0.338 e.